The number of fused-ring (bicyclic) bond motifs is 1. The molecule has 0 atom stereocenters. The van der Waals surface area contributed by atoms with E-state index in [0.717, 1.165) is 6.20 Å². The van der Waals surface area contributed by atoms with Crippen molar-refractivity contribution in [2.75, 3.05) is 4.90 Å². The summed E-state index contributed by atoms with van der Waals surface area (Å²) in [5.41, 5.74) is -0.271. The van der Waals surface area contributed by atoms with Gasteiger partial charge in [0.15, 0.2) is 0 Å². The van der Waals surface area contributed by atoms with E-state index in [-0.39, 0.29) is 23.0 Å². The molecule has 6 nitrogen and oxygen atoms in total. The Balaban J connectivity index is 2.11. The standard InChI is InChI=1S/C17H14F2N2O4/c1-17(2)12-6-9(14(22)23)8-20-13(12)21(15(17)24)10-4-3-5-11(7-10)25-16(18)19/h3-8,16H,1-2H3,(H,22,23). The van der Waals surface area contributed by atoms with Crippen LogP contribution in [-0.4, -0.2) is 28.6 Å². The highest BCUT2D eigenvalue weighted by atomic mass is 19.3. The summed E-state index contributed by atoms with van der Waals surface area (Å²) in [5, 5.41) is 9.13. The third-order valence-corrected chi connectivity index (χ3v) is 4.04. The predicted molar refractivity (Wildman–Crippen MR) is 84.4 cm³/mol. The summed E-state index contributed by atoms with van der Waals surface area (Å²) in [6.45, 7) is 0.326. The molecule has 130 valence electrons. The Bertz CT molecular complexity index is 867. The van der Waals surface area contributed by atoms with Crippen LogP contribution in [0.15, 0.2) is 36.5 Å². The SMILES string of the molecule is CC1(C)C(=O)N(c2cccc(OC(F)F)c2)c2ncc(C(=O)O)cc21. The molecule has 1 aliphatic heterocycles. The zero-order chi connectivity index (χ0) is 18.4. The van der Waals surface area contributed by atoms with Crippen LogP contribution in [0.4, 0.5) is 20.3 Å². The summed E-state index contributed by atoms with van der Waals surface area (Å²) in [5.74, 6) is -1.31. The van der Waals surface area contributed by atoms with E-state index >= 15 is 0 Å². The van der Waals surface area contributed by atoms with E-state index in [1.807, 2.05) is 0 Å². The van der Waals surface area contributed by atoms with Crippen molar-refractivity contribution in [2.45, 2.75) is 25.9 Å². The van der Waals surface area contributed by atoms with Crippen molar-refractivity contribution < 1.29 is 28.2 Å². The van der Waals surface area contributed by atoms with Gasteiger partial charge < -0.3 is 9.84 Å². The van der Waals surface area contributed by atoms with Gasteiger partial charge in [0, 0.05) is 17.8 Å². The molecule has 2 heterocycles. The fourth-order valence-corrected chi connectivity index (χ4v) is 2.74. The normalized spacial score (nSPS) is 15.4. The highest BCUT2D eigenvalue weighted by molar-refractivity contribution is 6.12. The Morgan fingerprint density at radius 2 is 2.04 bits per heavy atom. The Morgan fingerprint density at radius 3 is 2.68 bits per heavy atom. The number of rotatable bonds is 4. The van der Waals surface area contributed by atoms with Gasteiger partial charge in [-0.05, 0) is 32.0 Å². The Labute approximate surface area is 141 Å². The lowest BCUT2D eigenvalue weighted by atomic mass is 9.86. The van der Waals surface area contributed by atoms with E-state index < -0.39 is 18.0 Å². The third kappa shape index (κ3) is 2.79. The second-order valence-corrected chi connectivity index (χ2v) is 6.04. The molecule has 0 bridgehead atoms. The molecule has 1 aliphatic rings. The molecule has 2 aromatic rings. The number of carbonyl (C=O) groups excluding carboxylic acids is 1. The first-order valence-corrected chi connectivity index (χ1v) is 7.35. The van der Waals surface area contributed by atoms with Crippen LogP contribution >= 0.6 is 0 Å². The van der Waals surface area contributed by atoms with Crippen LogP contribution < -0.4 is 9.64 Å². The number of pyridine rings is 1. The molecule has 8 heteroatoms. The molecule has 1 aromatic heterocycles. The number of nitrogens with zero attached hydrogens (tertiary/aromatic N) is 2. The molecule has 0 saturated carbocycles. The first-order chi connectivity index (χ1) is 11.7. The van der Waals surface area contributed by atoms with Gasteiger partial charge >= 0.3 is 12.6 Å². The number of hydrogen-bond donors (Lipinski definition) is 1. The molecule has 0 unspecified atom stereocenters. The maximum Gasteiger partial charge on any atom is 0.387 e. The van der Waals surface area contributed by atoms with Crippen LogP contribution in [0.5, 0.6) is 5.75 Å². The van der Waals surface area contributed by atoms with Crippen molar-refractivity contribution in [3.63, 3.8) is 0 Å². The summed E-state index contributed by atoms with van der Waals surface area (Å²) in [7, 11) is 0. The van der Waals surface area contributed by atoms with Gasteiger partial charge in [0.05, 0.1) is 16.7 Å². The molecule has 0 aliphatic carbocycles. The van der Waals surface area contributed by atoms with E-state index in [9.17, 15) is 18.4 Å². The quantitative estimate of drug-likeness (QED) is 0.917. The fraction of sp³-hybridized carbons (Fsp3) is 0.235. The van der Waals surface area contributed by atoms with E-state index in [2.05, 4.69) is 9.72 Å². The molecule has 1 amide bonds. The molecule has 3 rings (SSSR count). The number of halogens is 2. The lowest BCUT2D eigenvalue weighted by Gasteiger charge is -2.20. The monoisotopic (exact) mass is 348 g/mol. The maximum atomic E-state index is 12.8. The molecular formula is C17H14F2N2O4. The first-order valence-electron chi connectivity index (χ1n) is 7.35. The van der Waals surface area contributed by atoms with Gasteiger partial charge in [-0.15, -0.1) is 0 Å². The van der Waals surface area contributed by atoms with Gasteiger partial charge in [-0.1, -0.05) is 6.07 Å². The Kier molecular flexibility index (Phi) is 3.90. The van der Waals surface area contributed by atoms with E-state index in [0.29, 0.717) is 11.3 Å². The van der Waals surface area contributed by atoms with Crippen molar-refractivity contribution >= 4 is 23.4 Å². The number of carboxylic acids is 1. The molecule has 1 N–H and O–H groups in total. The van der Waals surface area contributed by atoms with Crippen molar-refractivity contribution in [1.29, 1.82) is 0 Å². The Morgan fingerprint density at radius 1 is 1.32 bits per heavy atom. The number of benzene rings is 1. The number of carbonyl (C=O) groups is 2. The molecule has 1 aromatic carbocycles. The smallest absolute Gasteiger partial charge is 0.387 e. The molecule has 0 spiro atoms. The van der Waals surface area contributed by atoms with Crippen LogP contribution in [-0.2, 0) is 10.2 Å². The summed E-state index contributed by atoms with van der Waals surface area (Å²) in [4.78, 5) is 29.4. The summed E-state index contributed by atoms with van der Waals surface area (Å²) >= 11 is 0. The summed E-state index contributed by atoms with van der Waals surface area (Å²) < 4.78 is 29.2. The first kappa shape index (κ1) is 16.8. The second-order valence-electron chi connectivity index (χ2n) is 6.04. The van der Waals surface area contributed by atoms with Crippen LogP contribution in [0, 0.1) is 0 Å². The van der Waals surface area contributed by atoms with Crippen LogP contribution in [0.25, 0.3) is 0 Å². The number of alkyl halides is 2. The molecular weight excluding hydrogens is 334 g/mol. The lowest BCUT2D eigenvalue weighted by Crippen LogP contribution is -2.33. The van der Waals surface area contributed by atoms with Gasteiger partial charge in [-0.2, -0.15) is 8.78 Å². The van der Waals surface area contributed by atoms with Gasteiger partial charge in [-0.3, -0.25) is 9.69 Å². The fourth-order valence-electron chi connectivity index (χ4n) is 2.74. The van der Waals surface area contributed by atoms with Gasteiger partial charge in [-0.25, -0.2) is 9.78 Å². The number of aromatic carboxylic acids is 1. The summed E-state index contributed by atoms with van der Waals surface area (Å²) in [6, 6.07) is 7.11. The highest BCUT2D eigenvalue weighted by Gasteiger charge is 2.46. The molecule has 0 fully saturated rings. The molecule has 25 heavy (non-hydrogen) atoms. The minimum Gasteiger partial charge on any atom is -0.478 e. The molecule has 0 saturated heterocycles. The lowest BCUT2D eigenvalue weighted by molar-refractivity contribution is -0.121. The predicted octanol–water partition coefficient (Wildman–Crippen LogP) is 3.34. The van der Waals surface area contributed by atoms with E-state index in [1.165, 1.54) is 29.2 Å². The Hall–Kier alpha value is -3.03. The number of anilines is 2. The van der Waals surface area contributed by atoms with Crippen LogP contribution in [0.1, 0.15) is 29.8 Å². The highest BCUT2D eigenvalue weighted by Crippen LogP contribution is 2.44. The zero-order valence-corrected chi connectivity index (χ0v) is 13.4. The minimum absolute atomic E-state index is 0.0312. The minimum atomic E-state index is -2.98. The van der Waals surface area contributed by atoms with Crippen LogP contribution in [0.2, 0.25) is 0 Å². The van der Waals surface area contributed by atoms with E-state index in [4.69, 9.17) is 5.11 Å². The van der Waals surface area contributed by atoms with Crippen molar-refractivity contribution in [3.05, 3.63) is 47.7 Å². The summed E-state index contributed by atoms with van der Waals surface area (Å²) in [6.07, 6.45) is 1.16. The number of carboxylic acid groups (broad SMARTS) is 1. The average Bonchev–Trinajstić information content (AvgIpc) is 2.73. The largest absolute Gasteiger partial charge is 0.478 e. The number of ether oxygens (including phenoxy) is 1. The zero-order valence-electron chi connectivity index (χ0n) is 13.4. The van der Waals surface area contributed by atoms with Gasteiger partial charge in [0.1, 0.15) is 11.6 Å². The number of amides is 1. The van der Waals surface area contributed by atoms with Crippen molar-refractivity contribution in [1.82, 2.24) is 4.98 Å². The average molecular weight is 348 g/mol. The van der Waals surface area contributed by atoms with Crippen LogP contribution in [0.3, 0.4) is 0 Å². The van der Waals surface area contributed by atoms with Gasteiger partial charge in [0.25, 0.3) is 0 Å². The topological polar surface area (TPSA) is 79.7 Å². The van der Waals surface area contributed by atoms with Crippen molar-refractivity contribution in [3.8, 4) is 5.75 Å². The second kappa shape index (κ2) is 5.80. The van der Waals surface area contributed by atoms with Crippen molar-refractivity contribution in [2.24, 2.45) is 0 Å². The molecule has 0 radical (unpaired) electrons. The van der Waals surface area contributed by atoms with Gasteiger partial charge in [0.2, 0.25) is 5.91 Å². The maximum absolute atomic E-state index is 12.8. The van der Waals surface area contributed by atoms with E-state index in [1.54, 1.807) is 19.9 Å². The number of aromatic nitrogens is 1. The number of hydrogen-bond acceptors (Lipinski definition) is 4. The third-order valence-electron chi connectivity index (χ3n) is 4.04.